The van der Waals surface area contributed by atoms with Gasteiger partial charge in [-0.1, -0.05) is 23.7 Å². The summed E-state index contributed by atoms with van der Waals surface area (Å²) in [6, 6.07) is 15.1. The van der Waals surface area contributed by atoms with Crippen LogP contribution in [-0.4, -0.2) is 24.5 Å². The van der Waals surface area contributed by atoms with Crippen LogP contribution in [0, 0.1) is 0 Å². The fourth-order valence-electron chi connectivity index (χ4n) is 2.52. The number of benzene rings is 2. The lowest BCUT2D eigenvalue weighted by Crippen LogP contribution is -2.10. The van der Waals surface area contributed by atoms with Crippen molar-refractivity contribution in [2.24, 2.45) is 0 Å². The van der Waals surface area contributed by atoms with E-state index in [1.807, 2.05) is 41.0 Å². The molecule has 4 aromatic rings. The molecule has 0 saturated heterocycles. The van der Waals surface area contributed by atoms with Crippen LogP contribution >= 0.6 is 11.6 Å². The fraction of sp³-hybridized carbons (Fsp3) is 0.0588. The van der Waals surface area contributed by atoms with Crippen molar-refractivity contribution in [3.05, 3.63) is 65.7 Å². The summed E-state index contributed by atoms with van der Waals surface area (Å²) in [5.41, 5.74) is 8.57. The van der Waals surface area contributed by atoms with Gasteiger partial charge in [-0.3, -0.25) is 0 Å². The third kappa shape index (κ3) is 3.36. The molecule has 25 heavy (non-hydrogen) atoms. The maximum absolute atomic E-state index is 5.89. The SMILES string of the molecule is Nc1nc(Cn2cnc3ccccc32)nc(Nc2ccc(Cl)cc2)n1. The van der Waals surface area contributed by atoms with Crippen molar-refractivity contribution in [1.29, 1.82) is 0 Å². The van der Waals surface area contributed by atoms with Crippen LogP contribution in [0.3, 0.4) is 0 Å². The first-order chi connectivity index (χ1) is 12.2. The minimum absolute atomic E-state index is 0.158. The zero-order chi connectivity index (χ0) is 17.2. The van der Waals surface area contributed by atoms with E-state index in [9.17, 15) is 0 Å². The summed E-state index contributed by atoms with van der Waals surface area (Å²) in [7, 11) is 0. The fourth-order valence-corrected chi connectivity index (χ4v) is 2.64. The molecule has 3 N–H and O–H groups in total. The van der Waals surface area contributed by atoms with Gasteiger partial charge in [-0.2, -0.15) is 15.0 Å². The van der Waals surface area contributed by atoms with Crippen LogP contribution in [0.5, 0.6) is 0 Å². The highest BCUT2D eigenvalue weighted by Crippen LogP contribution is 2.18. The van der Waals surface area contributed by atoms with Crippen molar-refractivity contribution in [1.82, 2.24) is 24.5 Å². The molecule has 0 saturated carbocycles. The Kier molecular flexibility index (Phi) is 3.91. The number of hydrogen-bond acceptors (Lipinski definition) is 6. The average molecular weight is 352 g/mol. The molecule has 0 amide bonds. The van der Waals surface area contributed by atoms with Crippen LogP contribution in [0.15, 0.2) is 54.9 Å². The van der Waals surface area contributed by atoms with Crippen LogP contribution < -0.4 is 11.1 Å². The van der Waals surface area contributed by atoms with Crippen molar-refractivity contribution < 1.29 is 0 Å². The molecule has 0 aliphatic rings. The summed E-state index contributed by atoms with van der Waals surface area (Å²) in [5.74, 6) is 1.09. The van der Waals surface area contributed by atoms with E-state index in [1.54, 1.807) is 18.5 Å². The Hall–Kier alpha value is -3.19. The maximum Gasteiger partial charge on any atom is 0.232 e. The molecule has 0 radical (unpaired) electrons. The van der Waals surface area contributed by atoms with Gasteiger partial charge in [-0.25, -0.2) is 4.98 Å². The Morgan fingerprint density at radius 1 is 1.00 bits per heavy atom. The Bertz CT molecular complexity index is 1030. The second-order valence-electron chi connectivity index (χ2n) is 5.43. The van der Waals surface area contributed by atoms with Crippen LogP contribution in [0.2, 0.25) is 5.02 Å². The van der Waals surface area contributed by atoms with E-state index >= 15 is 0 Å². The zero-order valence-electron chi connectivity index (χ0n) is 13.1. The number of halogens is 1. The number of imidazole rings is 1. The second kappa shape index (κ2) is 6.37. The molecule has 0 unspecified atom stereocenters. The highest BCUT2D eigenvalue weighted by molar-refractivity contribution is 6.30. The highest BCUT2D eigenvalue weighted by Gasteiger charge is 2.08. The quantitative estimate of drug-likeness (QED) is 0.586. The van der Waals surface area contributed by atoms with E-state index < -0.39 is 0 Å². The van der Waals surface area contributed by atoms with Gasteiger partial charge in [0.2, 0.25) is 11.9 Å². The monoisotopic (exact) mass is 351 g/mol. The number of nitrogen functional groups attached to an aromatic ring is 1. The summed E-state index contributed by atoms with van der Waals surface area (Å²) < 4.78 is 1.97. The van der Waals surface area contributed by atoms with Gasteiger partial charge >= 0.3 is 0 Å². The molecule has 124 valence electrons. The van der Waals surface area contributed by atoms with Gasteiger partial charge in [0.15, 0.2) is 5.82 Å². The number of rotatable bonds is 4. The summed E-state index contributed by atoms with van der Waals surface area (Å²) in [6.07, 6.45) is 1.76. The van der Waals surface area contributed by atoms with E-state index in [-0.39, 0.29) is 5.95 Å². The molecule has 2 aromatic carbocycles. The third-order valence-electron chi connectivity index (χ3n) is 3.64. The summed E-state index contributed by atoms with van der Waals surface area (Å²) in [6.45, 7) is 0.447. The molecule has 7 nitrogen and oxygen atoms in total. The molecular weight excluding hydrogens is 338 g/mol. The predicted molar refractivity (Wildman–Crippen MR) is 97.8 cm³/mol. The van der Waals surface area contributed by atoms with Crippen LogP contribution in [0.25, 0.3) is 11.0 Å². The van der Waals surface area contributed by atoms with Crippen molar-refractivity contribution in [2.75, 3.05) is 11.1 Å². The molecular formula is C17H14ClN7. The van der Waals surface area contributed by atoms with Crippen molar-refractivity contribution >= 4 is 40.2 Å². The first-order valence-electron chi connectivity index (χ1n) is 7.60. The molecule has 0 aliphatic heterocycles. The number of nitrogens with one attached hydrogen (secondary N) is 1. The van der Waals surface area contributed by atoms with Gasteiger partial charge in [0, 0.05) is 10.7 Å². The van der Waals surface area contributed by atoms with Gasteiger partial charge < -0.3 is 15.6 Å². The first-order valence-corrected chi connectivity index (χ1v) is 7.98. The molecule has 0 aliphatic carbocycles. The van der Waals surface area contributed by atoms with Gasteiger partial charge in [0.25, 0.3) is 0 Å². The normalized spacial score (nSPS) is 10.9. The predicted octanol–water partition coefficient (Wildman–Crippen LogP) is 3.25. The van der Waals surface area contributed by atoms with Gasteiger partial charge in [0.1, 0.15) is 0 Å². The number of fused-ring (bicyclic) bond motifs is 1. The van der Waals surface area contributed by atoms with Gasteiger partial charge in [0.05, 0.1) is 23.9 Å². The van der Waals surface area contributed by atoms with E-state index in [1.165, 1.54) is 0 Å². The van der Waals surface area contributed by atoms with E-state index in [0.29, 0.717) is 23.3 Å². The molecule has 4 rings (SSSR count). The van der Waals surface area contributed by atoms with Crippen LogP contribution in [-0.2, 0) is 6.54 Å². The van der Waals surface area contributed by atoms with Gasteiger partial charge in [-0.05, 0) is 36.4 Å². The van der Waals surface area contributed by atoms with Crippen molar-refractivity contribution in [2.45, 2.75) is 6.54 Å². The molecule has 8 heteroatoms. The minimum Gasteiger partial charge on any atom is -0.368 e. The number of hydrogen-bond donors (Lipinski definition) is 2. The number of nitrogens with zero attached hydrogens (tertiary/aromatic N) is 5. The van der Waals surface area contributed by atoms with E-state index in [2.05, 4.69) is 25.3 Å². The molecule has 0 bridgehead atoms. The van der Waals surface area contributed by atoms with Gasteiger partial charge in [-0.15, -0.1) is 0 Å². The topological polar surface area (TPSA) is 94.5 Å². The average Bonchev–Trinajstić information content (AvgIpc) is 3.00. The van der Waals surface area contributed by atoms with Crippen molar-refractivity contribution in [3.63, 3.8) is 0 Å². The lowest BCUT2D eigenvalue weighted by atomic mass is 10.3. The van der Waals surface area contributed by atoms with E-state index in [4.69, 9.17) is 17.3 Å². The zero-order valence-corrected chi connectivity index (χ0v) is 13.9. The number of para-hydroxylation sites is 2. The summed E-state index contributed by atoms with van der Waals surface area (Å²) >= 11 is 5.89. The number of anilines is 3. The first kappa shape index (κ1) is 15.3. The lowest BCUT2D eigenvalue weighted by molar-refractivity contribution is 0.759. The number of nitrogens with two attached hydrogens (primary N) is 1. The molecule has 2 heterocycles. The highest BCUT2D eigenvalue weighted by atomic mass is 35.5. The van der Waals surface area contributed by atoms with Crippen LogP contribution in [0.4, 0.5) is 17.6 Å². The smallest absolute Gasteiger partial charge is 0.232 e. The Morgan fingerprint density at radius 2 is 1.80 bits per heavy atom. The maximum atomic E-state index is 5.89. The number of aromatic nitrogens is 5. The molecule has 0 spiro atoms. The van der Waals surface area contributed by atoms with Crippen LogP contribution in [0.1, 0.15) is 5.82 Å². The lowest BCUT2D eigenvalue weighted by Gasteiger charge is -2.08. The Balaban J connectivity index is 1.62. The second-order valence-corrected chi connectivity index (χ2v) is 5.86. The Morgan fingerprint density at radius 3 is 2.64 bits per heavy atom. The Labute approximate surface area is 148 Å². The molecule has 0 fully saturated rings. The van der Waals surface area contributed by atoms with E-state index in [0.717, 1.165) is 16.7 Å². The molecule has 0 atom stereocenters. The molecule has 2 aromatic heterocycles. The summed E-state index contributed by atoms with van der Waals surface area (Å²) in [5, 5.41) is 3.76. The third-order valence-corrected chi connectivity index (χ3v) is 3.89. The largest absolute Gasteiger partial charge is 0.368 e. The van der Waals surface area contributed by atoms with Crippen molar-refractivity contribution in [3.8, 4) is 0 Å². The standard InChI is InChI=1S/C17H14ClN7/c18-11-5-7-12(8-6-11)21-17-23-15(22-16(19)24-17)9-25-10-20-13-3-1-2-4-14(13)25/h1-8,10H,9H2,(H3,19,21,22,23,24). The minimum atomic E-state index is 0.158. The summed E-state index contributed by atoms with van der Waals surface area (Å²) in [4.78, 5) is 17.2.